The smallest absolute Gasteiger partial charge is 0.219 e. The molecule has 2 heterocycles. The Morgan fingerprint density at radius 3 is 2.45 bits per heavy atom. The molecule has 1 N–H and O–H groups in total. The summed E-state index contributed by atoms with van der Waals surface area (Å²) in [4.78, 5) is 6.23. The molecular formula is C16H16FN3O2. The number of ether oxygens (including phenoxy) is 1. The first-order chi connectivity index (χ1) is 10.8. The third-order valence-electron chi connectivity index (χ3n) is 3.53. The van der Waals surface area contributed by atoms with Crippen molar-refractivity contribution in [1.29, 1.82) is 0 Å². The van der Waals surface area contributed by atoms with Gasteiger partial charge in [0.25, 0.3) is 0 Å². The molecule has 1 fully saturated rings. The number of likely N-dealkylation sites (tertiary alicyclic amines) is 1. The Morgan fingerprint density at radius 1 is 1.14 bits per heavy atom. The second-order valence-corrected chi connectivity index (χ2v) is 5.06. The molecule has 0 unspecified atom stereocenters. The van der Waals surface area contributed by atoms with E-state index in [2.05, 4.69) is 10.1 Å². The molecule has 2 aromatic rings. The zero-order chi connectivity index (χ0) is 15.4. The van der Waals surface area contributed by atoms with Crippen molar-refractivity contribution in [3.05, 3.63) is 54.0 Å². The van der Waals surface area contributed by atoms with Crippen LogP contribution >= 0.6 is 0 Å². The highest BCUT2D eigenvalue weighted by molar-refractivity contribution is 5.98. The molecule has 1 aliphatic rings. The van der Waals surface area contributed by atoms with Gasteiger partial charge in [-0.3, -0.25) is 0 Å². The predicted molar refractivity (Wildman–Crippen MR) is 79.8 cm³/mol. The lowest BCUT2D eigenvalue weighted by Gasteiger charge is -2.18. The summed E-state index contributed by atoms with van der Waals surface area (Å²) in [7, 11) is 0. The number of nitrogens with zero attached hydrogens (tertiary/aromatic N) is 3. The lowest BCUT2D eigenvalue weighted by atomic mass is 10.2. The van der Waals surface area contributed by atoms with E-state index in [0.29, 0.717) is 17.5 Å². The molecule has 5 nitrogen and oxygen atoms in total. The molecule has 1 aliphatic heterocycles. The molecule has 22 heavy (non-hydrogen) atoms. The SMILES string of the molecule is O/N=C(/c1ccc(Oc2ccc(F)cc2)nc1)N1CCCC1. The molecule has 0 bridgehead atoms. The van der Waals surface area contributed by atoms with Gasteiger partial charge in [-0.2, -0.15) is 0 Å². The van der Waals surface area contributed by atoms with Gasteiger partial charge in [-0.05, 0) is 43.2 Å². The normalized spacial score (nSPS) is 15.1. The van der Waals surface area contributed by atoms with E-state index in [0.717, 1.165) is 31.5 Å². The Labute approximate surface area is 127 Å². The van der Waals surface area contributed by atoms with E-state index in [9.17, 15) is 9.60 Å². The maximum Gasteiger partial charge on any atom is 0.219 e. The van der Waals surface area contributed by atoms with E-state index in [1.54, 1.807) is 18.3 Å². The van der Waals surface area contributed by atoms with E-state index in [1.165, 1.54) is 24.3 Å². The maximum absolute atomic E-state index is 12.8. The number of hydrogen-bond acceptors (Lipinski definition) is 4. The molecule has 0 saturated carbocycles. The molecular weight excluding hydrogens is 285 g/mol. The third kappa shape index (κ3) is 3.16. The standard InChI is InChI=1S/C16H16FN3O2/c17-13-4-6-14(7-5-13)22-15-8-3-12(11-18-15)16(19-21)20-9-1-2-10-20/h3-8,11,21H,1-2,9-10H2/b19-16-. The largest absolute Gasteiger partial charge is 0.439 e. The van der Waals surface area contributed by atoms with Gasteiger partial charge in [0.1, 0.15) is 11.6 Å². The fraction of sp³-hybridized carbons (Fsp3) is 0.250. The Morgan fingerprint density at radius 2 is 1.86 bits per heavy atom. The van der Waals surface area contributed by atoms with Crippen LogP contribution in [0.25, 0.3) is 0 Å². The minimum atomic E-state index is -0.315. The minimum Gasteiger partial charge on any atom is -0.439 e. The second kappa shape index (κ2) is 6.43. The summed E-state index contributed by atoms with van der Waals surface area (Å²) < 4.78 is 18.4. The Kier molecular flexibility index (Phi) is 4.18. The van der Waals surface area contributed by atoms with Gasteiger partial charge in [0.2, 0.25) is 5.88 Å². The van der Waals surface area contributed by atoms with Crippen LogP contribution in [0.15, 0.2) is 47.8 Å². The minimum absolute atomic E-state index is 0.315. The van der Waals surface area contributed by atoms with Crippen LogP contribution in [-0.4, -0.2) is 34.0 Å². The summed E-state index contributed by atoms with van der Waals surface area (Å²) in [6.45, 7) is 1.76. The second-order valence-electron chi connectivity index (χ2n) is 5.06. The summed E-state index contributed by atoms with van der Waals surface area (Å²) in [6.07, 6.45) is 3.79. The van der Waals surface area contributed by atoms with Crippen LogP contribution in [0, 0.1) is 5.82 Å². The van der Waals surface area contributed by atoms with E-state index < -0.39 is 0 Å². The van der Waals surface area contributed by atoms with Crippen LogP contribution in [0.3, 0.4) is 0 Å². The summed E-state index contributed by atoms with van der Waals surface area (Å²) in [5.74, 6) is 1.12. The fourth-order valence-electron chi connectivity index (χ4n) is 2.43. The first-order valence-electron chi connectivity index (χ1n) is 7.13. The zero-order valence-electron chi connectivity index (χ0n) is 11.9. The van der Waals surface area contributed by atoms with E-state index in [-0.39, 0.29) is 5.82 Å². The molecule has 1 saturated heterocycles. The summed E-state index contributed by atoms with van der Waals surface area (Å²) >= 11 is 0. The van der Waals surface area contributed by atoms with Crippen molar-refractivity contribution in [1.82, 2.24) is 9.88 Å². The van der Waals surface area contributed by atoms with Gasteiger partial charge in [-0.1, -0.05) is 5.16 Å². The monoisotopic (exact) mass is 301 g/mol. The molecule has 0 spiro atoms. The van der Waals surface area contributed by atoms with Crippen molar-refractivity contribution >= 4 is 5.84 Å². The average Bonchev–Trinajstić information content (AvgIpc) is 3.06. The number of rotatable bonds is 3. The fourth-order valence-corrected chi connectivity index (χ4v) is 2.43. The van der Waals surface area contributed by atoms with Crippen LogP contribution < -0.4 is 4.74 Å². The van der Waals surface area contributed by atoms with Gasteiger partial charge in [0.15, 0.2) is 5.84 Å². The van der Waals surface area contributed by atoms with Gasteiger partial charge in [-0.25, -0.2) is 9.37 Å². The first-order valence-corrected chi connectivity index (χ1v) is 7.13. The first kappa shape index (κ1) is 14.3. The Balaban J connectivity index is 1.73. The summed E-state index contributed by atoms with van der Waals surface area (Å²) in [5, 5.41) is 12.6. The highest BCUT2D eigenvalue weighted by Crippen LogP contribution is 2.20. The number of oxime groups is 1. The van der Waals surface area contributed by atoms with Crippen molar-refractivity contribution in [3.63, 3.8) is 0 Å². The van der Waals surface area contributed by atoms with E-state index >= 15 is 0 Å². The van der Waals surface area contributed by atoms with Gasteiger partial charge in [0.05, 0.1) is 0 Å². The van der Waals surface area contributed by atoms with Crippen LogP contribution in [-0.2, 0) is 0 Å². The van der Waals surface area contributed by atoms with Crippen LogP contribution in [0.2, 0.25) is 0 Å². The van der Waals surface area contributed by atoms with E-state index in [1.807, 2.05) is 4.90 Å². The molecule has 0 amide bonds. The highest BCUT2D eigenvalue weighted by Gasteiger charge is 2.18. The average molecular weight is 301 g/mol. The Hall–Kier alpha value is -2.63. The van der Waals surface area contributed by atoms with Crippen molar-refractivity contribution in [2.75, 3.05) is 13.1 Å². The number of amidine groups is 1. The molecule has 0 radical (unpaired) electrons. The van der Waals surface area contributed by atoms with Crippen molar-refractivity contribution in [2.45, 2.75) is 12.8 Å². The highest BCUT2D eigenvalue weighted by atomic mass is 19.1. The molecule has 3 rings (SSSR count). The van der Waals surface area contributed by atoms with Crippen molar-refractivity contribution in [3.8, 4) is 11.6 Å². The third-order valence-corrected chi connectivity index (χ3v) is 3.53. The number of benzene rings is 1. The molecule has 6 heteroatoms. The summed E-state index contributed by atoms with van der Waals surface area (Å²) in [6, 6.07) is 9.21. The summed E-state index contributed by atoms with van der Waals surface area (Å²) in [5.41, 5.74) is 0.732. The number of hydrogen-bond donors (Lipinski definition) is 1. The number of pyridine rings is 1. The van der Waals surface area contributed by atoms with Crippen LogP contribution in [0.5, 0.6) is 11.6 Å². The van der Waals surface area contributed by atoms with Gasteiger partial charge >= 0.3 is 0 Å². The Bertz CT molecular complexity index is 650. The van der Waals surface area contributed by atoms with Gasteiger partial charge < -0.3 is 14.8 Å². The maximum atomic E-state index is 12.8. The predicted octanol–water partition coefficient (Wildman–Crippen LogP) is 3.24. The molecule has 114 valence electrons. The lowest BCUT2D eigenvalue weighted by molar-refractivity contribution is 0.307. The molecule has 1 aromatic carbocycles. The van der Waals surface area contributed by atoms with Gasteiger partial charge in [0, 0.05) is 30.9 Å². The number of aromatic nitrogens is 1. The zero-order valence-corrected chi connectivity index (χ0v) is 11.9. The van der Waals surface area contributed by atoms with Crippen LogP contribution in [0.1, 0.15) is 18.4 Å². The quantitative estimate of drug-likeness (QED) is 0.409. The topological polar surface area (TPSA) is 58.0 Å². The molecule has 0 atom stereocenters. The lowest BCUT2D eigenvalue weighted by Crippen LogP contribution is -2.28. The van der Waals surface area contributed by atoms with Crippen molar-refractivity contribution < 1.29 is 14.3 Å². The van der Waals surface area contributed by atoms with Gasteiger partial charge in [-0.15, -0.1) is 0 Å². The molecule has 0 aliphatic carbocycles. The van der Waals surface area contributed by atoms with Crippen LogP contribution in [0.4, 0.5) is 4.39 Å². The van der Waals surface area contributed by atoms with E-state index in [4.69, 9.17) is 4.74 Å². The van der Waals surface area contributed by atoms with Crippen molar-refractivity contribution in [2.24, 2.45) is 5.16 Å². The molecule has 1 aromatic heterocycles. The number of halogens is 1.